The van der Waals surface area contributed by atoms with Gasteiger partial charge in [0.2, 0.25) is 0 Å². The SMILES string of the molecule is Cc1nc(Cl)cn2cc(-c3cc4ccc(N5CCN(C)[C@H](C)C5)cc4oc3=O)nc12. The molecule has 8 heteroatoms. The van der Waals surface area contributed by atoms with Crippen LogP contribution in [0.15, 0.2) is 45.9 Å². The zero-order chi connectivity index (χ0) is 21.0. The Balaban J connectivity index is 1.55. The largest absolute Gasteiger partial charge is 0.422 e. The molecule has 0 spiro atoms. The molecule has 0 saturated carbocycles. The minimum Gasteiger partial charge on any atom is -0.422 e. The molecule has 3 aromatic heterocycles. The summed E-state index contributed by atoms with van der Waals surface area (Å²) in [6.45, 7) is 6.96. The third kappa shape index (κ3) is 3.24. The van der Waals surface area contributed by atoms with Crippen LogP contribution in [0.5, 0.6) is 0 Å². The first kappa shape index (κ1) is 19.1. The lowest BCUT2D eigenvalue weighted by Gasteiger charge is -2.39. The molecule has 1 aromatic carbocycles. The second-order valence-corrected chi connectivity index (χ2v) is 8.34. The average molecular weight is 424 g/mol. The minimum atomic E-state index is -0.411. The van der Waals surface area contributed by atoms with E-state index in [0.717, 1.165) is 30.7 Å². The smallest absolute Gasteiger partial charge is 0.345 e. The van der Waals surface area contributed by atoms with E-state index in [1.54, 1.807) is 16.8 Å². The first-order valence-electron chi connectivity index (χ1n) is 9.94. The fraction of sp³-hybridized carbons (Fsp3) is 0.318. The number of aromatic nitrogens is 3. The summed E-state index contributed by atoms with van der Waals surface area (Å²) in [5, 5.41) is 1.24. The van der Waals surface area contributed by atoms with Crippen molar-refractivity contribution in [3.05, 3.63) is 57.9 Å². The van der Waals surface area contributed by atoms with E-state index in [1.165, 1.54) is 0 Å². The lowest BCUT2D eigenvalue weighted by Crippen LogP contribution is -2.50. The first-order valence-corrected chi connectivity index (χ1v) is 10.3. The van der Waals surface area contributed by atoms with Gasteiger partial charge < -0.3 is 18.6 Å². The minimum absolute atomic E-state index is 0.375. The zero-order valence-corrected chi connectivity index (χ0v) is 17.8. The number of aryl methyl sites for hydroxylation is 1. The summed E-state index contributed by atoms with van der Waals surface area (Å²) >= 11 is 6.04. The number of nitrogens with zero attached hydrogens (tertiary/aromatic N) is 5. The van der Waals surface area contributed by atoms with Gasteiger partial charge in [-0.15, -0.1) is 0 Å². The number of hydrogen-bond donors (Lipinski definition) is 0. The van der Waals surface area contributed by atoms with Gasteiger partial charge in [-0.3, -0.25) is 0 Å². The van der Waals surface area contributed by atoms with Crippen LogP contribution in [-0.2, 0) is 0 Å². The molecule has 7 nitrogen and oxygen atoms in total. The van der Waals surface area contributed by atoms with Crippen LogP contribution >= 0.6 is 11.6 Å². The third-order valence-corrected chi connectivity index (χ3v) is 6.08. The normalized spacial score (nSPS) is 17.9. The molecule has 0 bridgehead atoms. The molecule has 0 amide bonds. The van der Waals surface area contributed by atoms with Crippen molar-refractivity contribution in [2.45, 2.75) is 19.9 Å². The second kappa shape index (κ2) is 7.11. The van der Waals surface area contributed by atoms with Gasteiger partial charge in [0.05, 0.1) is 17.0 Å². The molecule has 154 valence electrons. The average Bonchev–Trinajstić information content (AvgIpc) is 3.13. The lowest BCUT2D eigenvalue weighted by atomic mass is 10.1. The molecule has 1 atom stereocenters. The van der Waals surface area contributed by atoms with Crippen LogP contribution in [0.1, 0.15) is 12.6 Å². The highest BCUT2D eigenvalue weighted by Crippen LogP contribution is 2.27. The van der Waals surface area contributed by atoms with Gasteiger partial charge in [-0.2, -0.15) is 0 Å². The molecule has 1 fully saturated rings. The van der Waals surface area contributed by atoms with Crippen molar-refractivity contribution in [3.8, 4) is 11.3 Å². The Morgan fingerprint density at radius 1 is 1.17 bits per heavy atom. The number of piperazine rings is 1. The zero-order valence-electron chi connectivity index (χ0n) is 17.1. The van der Waals surface area contributed by atoms with Crippen LogP contribution in [0.3, 0.4) is 0 Å². The van der Waals surface area contributed by atoms with Crippen molar-refractivity contribution in [3.63, 3.8) is 0 Å². The number of halogens is 1. The number of fused-ring (bicyclic) bond motifs is 2. The Bertz CT molecular complexity index is 1330. The molecule has 0 radical (unpaired) electrons. The topological polar surface area (TPSA) is 66.9 Å². The summed E-state index contributed by atoms with van der Waals surface area (Å²) in [5.41, 5.74) is 3.56. The van der Waals surface area contributed by atoms with Crippen molar-refractivity contribution in [2.75, 3.05) is 31.6 Å². The summed E-state index contributed by atoms with van der Waals surface area (Å²) in [4.78, 5) is 26.2. The number of anilines is 1. The number of hydrogen-bond acceptors (Lipinski definition) is 6. The molecule has 30 heavy (non-hydrogen) atoms. The molecule has 0 unspecified atom stereocenters. The highest BCUT2D eigenvalue weighted by Gasteiger charge is 2.21. The number of imidazole rings is 1. The van der Waals surface area contributed by atoms with Crippen LogP contribution < -0.4 is 10.5 Å². The van der Waals surface area contributed by atoms with Gasteiger partial charge in [-0.1, -0.05) is 11.6 Å². The fourth-order valence-corrected chi connectivity index (χ4v) is 4.23. The van der Waals surface area contributed by atoms with Gasteiger partial charge in [0, 0.05) is 55.2 Å². The highest BCUT2D eigenvalue weighted by molar-refractivity contribution is 6.29. The molecule has 1 aliphatic heterocycles. The highest BCUT2D eigenvalue weighted by atomic mass is 35.5. The van der Waals surface area contributed by atoms with Crippen molar-refractivity contribution in [2.24, 2.45) is 0 Å². The molecule has 0 aliphatic carbocycles. The van der Waals surface area contributed by atoms with E-state index < -0.39 is 5.63 Å². The van der Waals surface area contributed by atoms with Crippen LogP contribution in [0.25, 0.3) is 27.9 Å². The molecule has 1 aliphatic rings. The lowest BCUT2D eigenvalue weighted by molar-refractivity contribution is 0.234. The van der Waals surface area contributed by atoms with Gasteiger partial charge in [-0.25, -0.2) is 14.8 Å². The van der Waals surface area contributed by atoms with Crippen molar-refractivity contribution >= 4 is 33.9 Å². The van der Waals surface area contributed by atoms with Crippen LogP contribution in [-0.4, -0.2) is 52.0 Å². The fourth-order valence-electron chi connectivity index (χ4n) is 4.00. The predicted octanol–water partition coefficient (Wildman–Crippen LogP) is 3.60. The monoisotopic (exact) mass is 423 g/mol. The summed E-state index contributed by atoms with van der Waals surface area (Å²) in [6.07, 6.45) is 3.44. The standard InChI is InChI=1S/C22H22ClN5O2/c1-13-10-27(7-6-26(13)3)16-5-4-15-8-17(22(29)30-19(15)9-16)18-11-28-12-20(23)24-14(2)21(28)25-18/h4-5,8-9,11-13H,6-7,10H2,1-3H3/t13-/m1/s1. The van der Waals surface area contributed by atoms with Gasteiger partial charge in [0.25, 0.3) is 0 Å². The number of rotatable bonds is 2. The Hall–Kier alpha value is -2.90. The molecule has 4 heterocycles. The van der Waals surface area contributed by atoms with E-state index in [1.807, 2.05) is 25.1 Å². The van der Waals surface area contributed by atoms with Gasteiger partial charge in [0.15, 0.2) is 5.65 Å². The summed E-state index contributed by atoms with van der Waals surface area (Å²) in [6, 6.07) is 8.35. The second-order valence-electron chi connectivity index (χ2n) is 7.95. The van der Waals surface area contributed by atoms with E-state index in [-0.39, 0.29) is 0 Å². The number of benzene rings is 1. The summed E-state index contributed by atoms with van der Waals surface area (Å²) in [7, 11) is 2.15. The Kier molecular flexibility index (Phi) is 4.52. The third-order valence-electron chi connectivity index (χ3n) is 5.90. The summed E-state index contributed by atoms with van der Waals surface area (Å²) in [5.74, 6) is 0. The van der Waals surface area contributed by atoms with E-state index >= 15 is 0 Å². The Morgan fingerprint density at radius 2 is 2.00 bits per heavy atom. The van der Waals surface area contributed by atoms with Gasteiger partial charge in [0.1, 0.15) is 10.7 Å². The molecular formula is C22H22ClN5O2. The predicted molar refractivity (Wildman–Crippen MR) is 119 cm³/mol. The molecule has 5 rings (SSSR count). The van der Waals surface area contributed by atoms with E-state index in [4.69, 9.17) is 16.0 Å². The van der Waals surface area contributed by atoms with Crippen molar-refractivity contribution in [1.82, 2.24) is 19.3 Å². The van der Waals surface area contributed by atoms with E-state index in [2.05, 4.69) is 39.8 Å². The van der Waals surface area contributed by atoms with E-state index in [9.17, 15) is 4.79 Å². The van der Waals surface area contributed by atoms with Crippen LogP contribution in [0.2, 0.25) is 5.15 Å². The Labute approximate surface area is 178 Å². The Morgan fingerprint density at radius 3 is 2.80 bits per heavy atom. The van der Waals surface area contributed by atoms with Crippen LogP contribution in [0, 0.1) is 6.92 Å². The van der Waals surface area contributed by atoms with Crippen LogP contribution in [0.4, 0.5) is 5.69 Å². The molecule has 0 N–H and O–H groups in total. The number of likely N-dealkylation sites (N-methyl/N-ethyl adjacent to an activating group) is 1. The maximum Gasteiger partial charge on any atom is 0.345 e. The van der Waals surface area contributed by atoms with Crippen molar-refractivity contribution < 1.29 is 4.42 Å². The first-order chi connectivity index (χ1) is 14.4. The van der Waals surface area contributed by atoms with Crippen molar-refractivity contribution in [1.29, 1.82) is 0 Å². The maximum atomic E-state index is 12.8. The molecular weight excluding hydrogens is 402 g/mol. The summed E-state index contributed by atoms with van der Waals surface area (Å²) < 4.78 is 7.47. The van der Waals surface area contributed by atoms with Gasteiger partial charge >= 0.3 is 5.63 Å². The maximum absolute atomic E-state index is 12.8. The quantitative estimate of drug-likeness (QED) is 0.459. The molecule has 4 aromatic rings. The van der Waals surface area contributed by atoms with Gasteiger partial charge in [-0.05, 0) is 39.1 Å². The molecule has 1 saturated heterocycles. The van der Waals surface area contributed by atoms with E-state index in [0.29, 0.717) is 39.4 Å².